The van der Waals surface area contributed by atoms with Crippen LogP contribution in [0.15, 0.2) is 0 Å². The van der Waals surface area contributed by atoms with Gasteiger partial charge in [-0.1, -0.05) is 6.92 Å². The fourth-order valence-corrected chi connectivity index (χ4v) is 1.13. The molecule has 4 nitrogen and oxygen atoms in total. The number of amides is 2. The fraction of sp³-hybridized carbons (Fsp3) is 0.800. The Bertz CT molecular complexity index is 212. The van der Waals surface area contributed by atoms with Gasteiger partial charge in [-0.15, -0.1) is 0 Å². The number of nitrogens with zero attached hydrogens (tertiary/aromatic N) is 2. The van der Waals surface area contributed by atoms with E-state index in [1.54, 1.807) is 38.0 Å². The Labute approximate surface area is 85.9 Å². The maximum absolute atomic E-state index is 11.4. The van der Waals surface area contributed by atoms with E-state index in [4.69, 9.17) is 0 Å². The molecule has 2 amide bonds. The van der Waals surface area contributed by atoms with Crippen LogP contribution in [0.3, 0.4) is 0 Å². The van der Waals surface area contributed by atoms with Crippen LogP contribution in [0.1, 0.15) is 19.8 Å². The molecule has 0 fully saturated rings. The molecular formula is C10H20N2O2. The summed E-state index contributed by atoms with van der Waals surface area (Å²) in [6, 6.07) is 0. The molecule has 0 aromatic carbocycles. The van der Waals surface area contributed by atoms with Gasteiger partial charge in [0.2, 0.25) is 11.8 Å². The minimum absolute atomic E-state index is 0.0726. The minimum atomic E-state index is -0.0751. The smallest absolute Gasteiger partial charge is 0.224 e. The highest BCUT2D eigenvalue weighted by molar-refractivity contribution is 5.80. The van der Waals surface area contributed by atoms with Crippen molar-refractivity contribution in [3.63, 3.8) is 0 Å². The summed E-state index contributed by atoms with van der Waals surface area (Å²) in [6.45, 7) is 1.85. The molecular weight excluding hydrogens is 180 g/mol. The Morgan fingerprint density at radius 3 is 1.93 bits per heavy atom. The average molecular weight is 200 g/mol. The van der Waals surface area contributed by atoms with Crippen molar-refractivity contribution < 1.29 is 9.59 Å². The second-order valence-electron chi connectivity index (χ2n) is 3.96. The van der Waals surface area contributed by atoms with Gasteiger partial charge < -0.3 is 9.80 Å². The van der Waals surface area contributed by atoms with E-state index in [1.807, 2.05) is 6.92 Å². The summed E-state index contributed by atoms with van der Waals surface area (Å²) in [5.74, 6) is 0.0777. The summed E-state index contributed by atoms with van der Waals surface area (Å²) in [4.78, 5) is 25.8. The van der Waals surface area contributed by atoms with Crippen LogP contribution < -0.4 is 0 Å². The molecule has 0 aliphatic carbocycles. The Kier molecular flexibility index (Phi) is 5.20. The first kappa shape index (κ1) is 12.9. The first-order valence-corrected chi connectivity index (χ1v) is 4.77. The lowest BCUT2D eigenvalue weighted by atomic mass is 10.0. The van der Waals surface area contributed by atoms with E-state index in [0.717, 1.165) is 0 Å². The minimum Gasteiger partial charge on any atom is -0.349 e. The molecule has 0 spiro atoms. The van der Waals surface area contributed by atoms with Crippen LogP contribution in [0.2, 0.25) is 0 Å². The van der Waals surface area contributed by atoms with E-state index in [1.165, 1.54) is 0 Å². The standard InChI is InChI=1S/C10H20N2O2/c1-8(10(14)12(4)5)6-7-9(13)11(2)3/h8H,6-7H2,1-5H3. The number of carbonyl (C=O) groups is 2. The molecule has 0 radical (unpaired) electrons. The van der Waals surface area contributed by atoms with Gasteiger partial charge in [-0.2, -0.15) is 0 Å². The topological polar surface area (TPSA) is 40.6 Å². The Hall–Kier alpha value is -1.06. The molecule has 0 aromatic heterocycles. The number of hydrogen-bond acceptors (Lipinski definition) is 2. The SMILES string of the molecule is CC(CCC(=O)N(C)C)C(=O)N(C)C. The predicted molar refractivity (Wildman–Crippen MR) is 55.8 cm³/mol. The summed E-state index contributed by atoms with van der Waals surface area (Å²) in [7, 11) is 6.90. The average Bonchev–Trinajstić information content (AvgIpc) is 2.11. The van der Waals surface area contributed by atoms with Crippen LogP contribution in [-0.4, -0.2) is 49.8 Å². The lowest BCUT2D eigenvalue weighted by molar-refractivity contribution is -0.133. The molecule has 82 valence electrons. The van der Waals surface area contributed by atoms with E-state index in [-0.39, 0.29) is 17.7 Å². The lowest BCUT2D eigenvalue weighted by Gasteiger charge is -2.17. The lowest BCUT2D eigenvalue weighted by Crippen LogP contribution is -2.29. The number of rotatable bonds is 4. The summed E-state index contributed by atoms with van der Waals surface area (Å²) < 4.78 is 0. The van der Waals surface area contributed by atoms with Gasteiger partial charge in [-0.25, -0.2) is 0 Å². The van der Waals surface area contributed by atoms with Crippen molar-refractivity contribution in [1.82, 2.24) is 9.80 Å². The normalized spacial score (nSPS) is 12.1. The molecule has 0 saturated carbocycles. The third-order valence-electron chi connectivity index (χ3n) is 2.15. The highest BCUT2D eigenvalue weighted by Crippen LogP contribution is 2.08. The molecule has 0 N–H and O–H groups in total. The van der Waals surface area contributed by atoms with Gasteiger partial charge in [0.15, 0.2) is 0 Å². The summed E-state index contributed by atoms with van der Waals surface area (Å²) in [6.07, 6.45) is 1.06. The van der Waals surface area contributed by atoms with Crippen molar-refractivity contribution in [3.8, 4) is 0 Å². The Morgan fingerprint density at radius 1 is 1.07 bits per heavy atom. The van der Waals surface area contributed by atoms with Gasteiger partial charge in [0.25, 0.3) is 0 Å². The molecule has 0 aromatic rings. The quantitative estimate of drug-likeness (QED) is 0.666. The maximum Gasteiger partial charge on any atom is 0.224 e. The van der Waals surface area contributed by atoms with Gasteiger partial charge in [0.05, 0.1) is 0 Å². The zero-order valence-electron chi connectivity index (χ0n) is 9.70. The second kappa shape index (κ2) is 5.62. The van der Waals surface area contributed by atoms with E-state index >= 15 is 0 Å². The van der Waals surface area contributed by atoms with Gasteiger partial charge in [0.1, 0.15) is 0 Å². The second-order valence-corrected chi connectivity index (χ2v) is 3.96. The Morgan fingerprint density at radius 2 is 1.57 bits per heavy atom. The van der Waals surface area contributed by atoms with Crippen molar-refractivity contribution in [1.29, 1.82) is 0 Å². The first-order chi connectivity index (χ1) is 6.36. The van der Waals surface area contributed by atoms with Crippen LogP contribution in [-0.2, 0) is 9.59 Å². The van der Waals surface area contributed by atoms with Crippen LogP contribution >= 0.6 is 0 Å². The van der Waals surface area contributed by atoms with Crippen LogP contribution in [0.4, 0.5) is 0 Å². The van der Waals surface area contributed by atoms with Crippen molar-refractivity contribution in [2.75, 3.05) is 28.2 Å². The molecule has 0 aliphatic heterocycles. The highest BCUT2D eigenvalue weighted by atomic mass is 16.2. The number of hydrogen-bond donors (Lipinski definition) is 0. The molecule has 4 heteroatoms. The van der Waals surface area contributed by atoms with E-state index in [0.29, 0.717) is 12.8 Å². The number of carbonyl (C=O) groups excluding carboxylic acids is 2. The molecule has 1 atom stereocenters. The maximum atomic E-state index is 11.4. The molecule has 0 rings (SSSR count). The van der Waals surface area contributed by atoms with Crippen molar-refractivity contribution in [2.45, 2.75) is 19.8 Å². The summed E-state index contributed by atoms with van der Waals surface area (Å²) in [5.41, 5.74) is 0. The van der Waals surface area contributed by atoms with Gasteiger partial charge >= 0.3 is 0 Å². The van der Waals surface area contributed by atoms with Crippen molar-refractivity contribution >= 4 is 11.8 Å². The zero-order valence-corrected chi connectivity index (χ0v) is 9.70. The summed E-state index contributed by atoms with van der Waals surface area (Å²) >= 11 is 0. The van der Waals surface area contributed by atoms with Crippen molar-refractivity contribution in [2.24, 2.45) is 5.92 Å². The van der Waals surface area contributed by atoms with Gasteiger partial charge in [-0.05, 0) is 6.42 Å². The zero-order chi connectivity index (χ0) is 11.3. The molecule has 0 bridgehead atoms. The largest absolute Gasteiger partial charge is 0.349 e. The van der Waals surface area contributed by atoms with Gasteiger partial charge in [0, 0.05) is 40.5 Å². The van der Waals surface area contributed by atoms with E-state index in [9.17, 15) is 9.59 Å². The van der Waals surface area contributed by atoms with Gasteiger partial charge in [-0.3, -0.25) is 9.59 Å². The first-order valence-electron chi connectivity index (χ1n) is 4.77. The highest BCUT2D eigenvalue weighted by Gasteiger charge is 2.16. The molecule has 0 aliphatic rings. The van der Waals surface area contributed by atoms with Crippen LogP contribution in [0.25, 0.3) is 0 Å². The van der Waals surface area contributed by atoms with E-state index in [2.05, 4.69) is 0 Å². The predicted octanol–water partition coefficient (Wildman–Crippen LogP) is 0.579. The van der Waals surface area contributed by atoms with E-state index < -0.39 is 0 Å². The summed E-state index contributed by atoms with van der Waals surface area (Å²) in [5, 5.41) is 0. The molecule has 14 heavy (non-hydrogen) atoms. The fourth-order valence-electron chi connectivity index (χ4n) is 1.13. The molecule has 1 unspecified atom stereocenters. The van der Waals surface area contributed by atoms with Crippen LogP contribution in [0.5, 0.6) is 0 Å². The molecule has 0 saturated heterocycles. The van der Waals surface area contributed by atoms with Crippen molar-refractivity contribution in [3.05, 3.63) is 0 Å². The monoisotopic (exact) mass is 200 g/mol. The molecule has 0 heterocycles. The third-order valence-corrected chi connectivity index (χ3v) is 2.15. The Balaban J connectivity index is 3.91. The van der Waals surface area contributed by atoms with Crippen LogP contribution in [0, 0.1) is 5.92 Å². The third kappa shape index (κ3) is 4.25.